The highest BCUT2D eigenvalue weighted by atomic mass is 16.5. The molecule has 0 aliphatic heterocycles. The summed E-state index contributed by atoms with van der Waals surface area (Å²) in [5.41, 5.74) is 1.86. The van der Waals surface area contributed by atoms with Crippen LogP contribution in [0.3, 0.4) is 0 Å². The van der Waals surface area contributed by atoms with Crippen molar-refractivity contribution in [1.29, 1.82) is 0 Å². The Balaban J connectivity index is 2.59. The van der Waals surface area contributed by atoms with Gasteiger partial charge < -0.3 is 4.52 Å². The number of isocyanates is 1. The molecule has 0 unspecified atom stereocenters. The van der Waals surface area contributed by atoms with Crippen molar-refractivity contribution in [3.05, 3.63) is 36.0 Å². The van der Waals surface area contributed by atoms with Crippen LogP contribution in [0.2, 0.25) is 0 Å². The molecule has 0 saturated heterocycles. The van der Waals surface area contributed by atoms with Gasteiger partial charge in [0, 0.05) is 5.56 Å². The number of aliphatic imine (C=N–C) groups is 1. The predicted molar refractivity (Wildman–Crippen MR) is 54.5 cm³/mol. The molecule has 4 nitrogen and oxygen atoms in total. The second-order valence-corrected chi connectivity index (χ2v) is 3.01. The van der Waals surface area contributed by atoms with E-state index >= 15 is 0 Å². The fraction of sp³-hybridized carbons (Fsp3) is 0.0909. The van der Waals surface area contributed by atoms with Crippen LogP contribution >= 0.6 is 0 Å². The molecule has 15 heavy (non-hydrogen) atoms. The lowest BCUT2D eigenvalue weighted by molar-refractivity contribution is 0.427. The van der Waals surface area contributed by atoms with Crippen LogP contribution in [0, 0.1) is 6.92 Å². The number of benzene rings is 1. The third kappa shape index (κ3) is 1.71. The van der Waals surface area contributed by atoms with Crippen LogP contribution in [-0.4, -0.2) is 11.2 Å². The van der Waals surface area contributed by atoms with Gasteiger partial charge >= 0.3 is 0 Å². The zero-order valence-electron chi connectivity index (χ0n) is 8.10. The summed E-state index contributed by atoms with van der Waals surface area (Å²) >= 11 is 0. The Bertz CT molecular complexity index is 511. The summed E-state index contributed by atoms with van der Waals surface area (Å²) in [7, 11) is 0. The Kier molecular flexibility index (Phi) is 2.44. The molecule has 2 rings (SSSR count). The average molecular weight is 200 g/mol. The van der Waals surface area contributed by atoms with E-state index in [0.717, 1.165) is 5.56 Å². The Hall–Kier alpha value is -2.19. The minimum Gasteiger partial charge on any atom is -0.354 e. The van der Waals surface area contributed by atoms with Crippen LogP contribution in [0.5, 0.6) is 0 Å². The fourth-order valence-electron chi connectivity index (χ4n) is 1.32. The van der Waals surface area contributed by atoms with E-state index in [2.05, 4.69) is 10.1 Å². The molecule has 0 saturated carbocycles. The van der Waals surface area contributed by atoms with Gasteiger partial charge in [-0.25, -0.2) is 4.79 Å². The fourth-order valence-corrected chi connectivity index (χ4v) is 1.32. The van der Waals surface area contributed by atoms with Crippen LogP contribution in [-0.2, 0) is 4.79 Å². The smallest absolute Gasteiger partial charge is 0.240 e. The molecule has 0 aliphatic rings. The molecule has 74 valence electrons. The van der Waals surface area contributed by atoms with Gasteiger partial charge in [0.15, 0.2) is 5.76 Å². The second-order valence-electron chi connectivity index (χ2n) is 3.01. The second kappa shape index (κ2) is 3.90. The quantitative estimate of drug-likeness (QED) is 0.553. The summed E-state index contributed by atoms with van der Waals surface area (Å²) in [6, 6.07) is 9.38. The average Bonchev–Trinajstić information content (AvgIpc) is 2.63. The van der Waals surface area contributed by atoms with E-state index in [1.165, 1.54) is 6.08 Å². The SMILES string of the molecule is Cc1noc(-c2ccccc2)c1N=C=O. The van der Waals surface area contributed by atoms with Gasteiger partial charge in [0.2, 0.25) is 6.08 Å². The maximum atomic E-state index is 10.2. The lowest BCUT2D eigenvalue weighted by atomic mass is 10.1. The van der Waals surface area contributed by atoms with Crippen molar-refractivity contribution in [2.24, 2.45) is 4.99 Å². The zero-order valence-corrected chi connectivity index (χ0v) is 8.10. The normalized spacial score (nSPS) is 9.67. The standard InChI is InChI=1S/C11H8N2O2/c1-8-10(12-7-14)11(15-13-8)9-5-3-2-4-6-9/h2-6H,1H3. The molecule has 0 bridgehead atoms. The molecule has 0 aliphatic carbocycles. The first-order valence-corrected chi connectivity index (χ1v) is 4.42. The van der Waals surface area contributed by atoms with Crippen molar-refractivity contribution in [3.63, 3.8) is 0 Å². The van der Waals surface area contributed by atoms with Gasteiger partial charge in [-0.2, -0.15) is 4.99 Å². The van der Waals surface area contributed by atoms with Crippen molar-refractivity contribution in [2.75, 3.05) is 0 Å². The maximum absolute atomic E-state index is 10.2. The topological polar surface area (TPSA) is 55.5 Å². The first-order chi connectivity index (χ1) is 7.33. The minimum absolute atomic E-state index is 0.441. The van der Waals surface area contributed by atoms with E-state index < -0.39 is 0 Å². The first-order valence-electron chi connectivity index (χ1n) is 4.42. The molecule has 0 atom stereocenters. The third-order valence-corrected chi connectivity index (χ3v) is 2.03. The van der Waals surface area contributed by atoms with Crippen LogP contribution in [0.4, 0.5) is 5.69 Å². The van der Waals surface area contributed by atoms with Gasteiger partial charge in [-0.05, 0) is 6.92 Å². The molecule has 0 fully saturated rings. The van der Waals surface area contributed by atoms with Crippen molar-refractivity contribution in [1.82, 2.24) is 5.16 Å². The highest BCUT2D eigenvalue weighted by Crippen LogP contribution is 2.32. The third-order valence-electron chi connectivity index (χ3n) is 2.03. The van der Waals surface area contributed by atoms with Gasteiger partial charge in [0.05, 0.1) is 0 Å². The van der Waals surface area contributed by atoms with E-state index in [1.807, 2.05) is 30.3 Å². The number of carbonyl (C=O) groups excluding carboxylic acids is 1. The lowest BCUT2D eigenvalue weighted by Gasteiger charge is -1.94. The summed E-state index contributed by atoms with van der Waals surface area (Å²) in [5, 5.41) is 3.76. The van der Waals surface area contributed by atoms with E-state index in [0.29, 0.717) is 17.1 Å². The van der Waals surface area contributed by atoms with E-state index in [-0.39, 0.29) is 0 Å². The van der Waals surface area contributed by atoms with Crippen molar-refractivity contribution >= 4 is 11.8 Å². The van der Waals surface area contributed by atoms with Gasteiger partial charge in [-0.15, -0.1) is 0 Å². The Morgan fingerprint density at radius 1 is 1.33 bits per heavy atom. The molecule has 1 heterocycles. The van der Waals surface area contributed by atoms with Crippen molar-refractivity contribution < 1.29 is 9.32 Å². The highest BCUT2D eigenvalue weighted by Gasteiger charge is 2.13. The van der Waals surface area contributed by atoms with Gasteiger partial charge in [-0.1, -0.05) is 35.5 Å². The largest absolute Gasteiger partial charge is 0.354 e. The molecular weight excluding hydrogens is 192 g/mol. The van der Waals surface area contributed by atoms with Crippen LogP contribution < -0.4 is 0 Å². The summed E-state index contributed by atoms with van der Waals surface area (Å²) in [5.74, 6) is 0.497. The van der Waals surface area contributed by atoms with Crippen LogP contribution in [0.1, 0.15) is 5.69 Å². The number of rotatable bonds is 2. The summed E-state index contributed by atoms with van der Waals surface area (Å²) in [6.45, 7) is 1.73. The van der Waals surface area contributed by atoms with Crippen molar-refractivity contribution in [2.45, 2.75) is 6.92 Å². The number of hydrogen-bond donors (Lipinski definition) is 0. The molecule has 4 heteroatoms. The summed E-state index contributed by atoms with van der Waals surface area (Å²) < 4.78 is 5.11. The van der Waals surface area contributed by atoms with E-state index in [9.17, 15) is 4.79 Å². The predicted octanol–water partition coefficient (Wildman–Crippen LogP) is 2.62. The minimum atomic E-state index is 0.441. The Morgan fingerprint density at radius 2 is 2.07 bits per heavy atom. The van der Waals surface area contributed by atoms with Gasteiger partial charge in [0.25, 0.3) is 0 Å². The monoisotopic (exact) mass is 200 g/mol. The van der Waals surface area contributed by atoms with Crippen LogP contribution in [0.15, 0.2) is 39.8 Å². The molecule has 2 aromatic rings. The molecule has 0 radical (unpaired) electrons. The number of aryl methyl sites for hydroxylation is 1. The lowest BCUT2D eigenvalue weighted by Crippen LogP contribution is -1.73. The zero-order chi connectivity index (χ0) is 10.7. The molecule has 1 aromatic carbocycles. The van der Waals surface area contributed by atoms with E-state index in [4.69, 9.17) is 4.52 Å². The number of aromatic nitrogens is 1. The van der Waals surface area contributed by atoms with Gasteiger partial charge in [-0.3, -0.25) is 0 Å². The maximum Gasteiger partial charge on any atom is 0.240 e. The first kappa shape index (κ1) is 9.37. The molecule has 0 N–H and O–H groups in total. The summed E-state index contributed by atoms with van der Waals surface area (Å²) in [4.78, 5) is 13.8. The molecular formula is C11H8N2O2. The Morgan fingerprint density at radius 3 is 2.73 bits per heavy atom. The van der Waals surface area contributed by atoms with E-state index in [1.54, 1.807) is 6.92 Å². The molecule has 0 amide bonds. The van der Waals surface area contributed by atoms with Crippen LogP contribution in [0.25, 0.3) is 11.3 Å². The Labute approximate surface area is 86.2 Å². The summed E-state index contributed by atoms with van der Waals surface area (Å²) in [6.07, 6.45) is 1.50. The van der Waals surface area contributed by atoms with Gasteiger partial charge in [0.1, 0.15) is 11.4 Å². The molecule has 0 spiro atoms. The van der Waals surface area contributed by atoms with Crippen molar-refractivity contribution in [3.8, 4) is 11.3 Å². The highest BCUT2D eigenvalue weighted by molar-refractivity contribution is 5.73. The molecule has 1 aromatic heterocycles. The number of nitrogens with zero attached hydrogens (tertiary/aromatic N) is 2. The number of hydrogen-bond acceptors (Lipinski definition) is 4.